The Kier molecular flexibility index (Phi) is 2.25. The molecule has 0 saturated heterocycles. The van der Waals surface area contributed by atoms with Gasteiger partial charge in [-0.2, -0.15) is 0 Å². The maximum atomic E-state index is 9.55. The fraction of sp³-hybridized carbons (Fsp3) is 0.333. The lowest BCUT2D eigenvalue weighted by molar-refractivity contribution is 0.343. The first kappa shape index (κ1) is 8.60. The van der Waals surface area contributed by atoms with Gasteiger partial charge in [-0.15, -0.1) is 0 Å². The van der Waals surface area contributed by atoms with E-state index in [0.29, 0.717) is 13.4 Å². The third kappa shape index (κ3) is 1.55. The largest absolute Gasteiger partial charge is 0.508 e. The van der Waals surface area contributed by atoms with Crippen molar-refractivity contribution in [2.24, 2.45) is 0 Å². The molecule has 0 atom stereocenters. The Morgan fingerprint density at radius 3 is 3.00 bits per heavy atom. The predicted molar refractivity (Wildman–Crippen MR) is 51.5 cm³/mol. The molecule has 1 aromatic rings. The summed E-state index contributed by atoms with van der Waals surface area (Å²) in [6, 6.07) is 5.66. The lowest BCUT2D eigenvalue weighted by Gasteiger charge is -2.10. The summed E-state index contributed by atoms with van der Waals surface area (Å²) in [6.07, 6.45) is 0. The van der Waals surface area contributed by atoms with Gasteiger partial charge in [0.05, 0.1) is 0 Å². The third-order valence-corrected chi connectivity index (χ3v) is 2.34. The SMILES string of the molecule is COBN1Cc2cccc(O)c2C1. The molecule has 0 bridgehead atoms. The van der Waals surface area contributed by atoms with Crippen LogP contribution in [0.4, 0.5) is 0 Å². The van der Waals surface area contributed by atoms with Crippen LogP contribution in [0.25, 0.3) is 0 Å². The van der Waals surface area contributed by atoms with Crippen LogP contribution in [-0.4, -0.2) is 24.6 Å². The topological polar surface area (TPSA) is 32.7 Å². The molecule has 0 fully saturated rings. The lowest BCUT2D eigenvalue weighted by Crippen LogP contribution is -2.22. The summed E-state index contributed by atoms with van der Waals surface area (Å²) in [4.78, 5) is 2.14. The van der Waals surface area contributed by atoms with Crippen molar-refractivity contribution in [3.05, 3.63) is 29.3 Å². The van der Waals surface area contributed by atoms with Crippen LogP contribution >= 0.6 is 0 Å². The summed E-state index contributed by atoms with van der Waals surface area (Å²) >= 11 is 0. The fourth-order valence-electron chi connectivity index (χ4n) is 1.75. The van der Waals surface area contributed by atoms with Crippen molar-refractivity contribution >= 4 is 7.62 Å². The number of rotatable bonds is 2. The molecule has 4 heteroatoms. The zero-order valence-corrected chi connectivity index (χ0v) is 7.66. The Labute approximate surface area is 78.2 Å². The van der Waals surface area contributed by atoms with Crippen molar-refractivity contribution in [1.29, 1.82) is 0 Å². The highest BCUT2D eigenvalue weighted by atomic mass is 16.4. The molecule has 0 saturated carbocycles. The zero-order chi connectivity index (χ0) is 9.26. The van der Waals surface area contributed by atoms with E-state index in [1.165, 1.54) is 5.56 Å². The Morgan fingerprint density at radius 1 is 1.46 bits per heavy atom. The maximum Gasteiger partial charge on any atom is 0.363 e. The first-order valence-electron chi connectivity index (χ1n) is 4.32. The van der Waals surface area contributed by atoms with Crippen LogP contribution in [0.3, 0.4) is 0 Å². The number of nitrogens with zero attached hydrogens (tertiary/aromatic N) is 1. The zero-order valence-electron chi connectivity index (χ0n) is 7.66. The molecular formula is C9H12BNO2. The minimum absolute atomic E-state index is 0.399. The minimum atomic E-state index is 0.399. The van der Waals surface area contributed by atoms with E-state index in [2.05, 4.69) is 4.81 Å². The average Bonchev–Trinajstić information content (AvgIpc) is 2.49. The molecule has 3 nitrogen and oxygen atoms in total. The van der Waals surface area contributed by atoms with E-state index in [1.807, 2.05) is 12.1 Å². The van der Waals surface area contributed by atoms with Gasteiger partial charge in [-0.1, -0.05) is 12.1 Å². The third-order valence-electron chi connectivity index (χ3n) is 2.34. The van der Waals surface area contributed by atoms with Crippen LogP contribution in [-0.2, 0) is 17.7 Å². The summed E-state index contributed by atoms with van der Waals surface area (Å²) in [5.41, 5.74) is 2.25. The van der Waals surface area contributed by atoms with Crippen molar-refractivity contribution < 1.29 is 9.76 Å². The quantitative estimate of drug-likeness (QED) is 0.672. The first-order chi connectivity index (χ1) is 6.31. The average molecular weight is 177 g/mol. The number of aromatic hydroxyl groups is 1. The number of hydrogen-bond acceptors (Lipinski definition) is 3. The molecule has 1 heterocycles. The second kappa shape index (κ2) is 3.40. The van der Waals surface area contributed by atoms with Crippen LogP contribution in [0.1, 0.15) is 11.1 Å². The number of phenols is 1. The van der Waals surface area contributed by atoms with Crippen LogP contribution in [0.15, 0.2) is 18.2 Å². The molecule has 13 heavy (non-hydrogen) atoms. The Morgan fingerprint density at radius 2 is 2.31 bits per heavy atom. The minimum Gasteiger partial charge on any atom is -0.508 e. The molecule has 0 spiro atoms. The van der Waals surface area contributed by atoms with Gasteiger partial charge in [-0.25, -0.2) is 0 Å². The normalized spacial score (nSPS) is 15.8. The molecule has 68 valence electrons. The summed E-state index contributed by atoms with van der Waals surface area (Å²) in [5, 5.41) is 9.55. The van der Waals surface area contributed by atoms with Gasteiger partial charge in [-0.05, 0) is 11.6 Å². The van der Waals surface area contributed by atoms with E-state index in [1.54, 1.807) is 13.2 Å². The number of phenolic OH excluding ortho intramolecular Hbond substituents is 1. The van der Waals surface area contributed by atoms with E-state index >= 15 is 0 Å². The number of benzene rings is 1. The fourth-order valence-corrected chi connectivity index (χ4v) is 1.75. The van der Waals surface area contributed by atoms with Gasteiger partial charge in [0, 0.05) is 25.8 Å². The molecule has 0 unspecified atom stereocenters. The van der Waals surface area contributed by atoms with Gasteiger partial charge in [0.15, 0.2) is 0 Å². The van der Waals surface area contributed by atoms with Crippen LogP contribution in [0.5, 0.6) is 5.75 Å². The summed E-state index contributed by atoms with van der Waals surface area (Å²) < 4.78 is 5.04. The second-order valence-electron chi connectivity index (χ2n) is 3.32. The molecular weight excluding hydrogens is 165 g/mol. The standard InChI is InChI=1S/C9H12BNO2/c1-13-10-11-5-7-3-2-4-9(12)8(7)6-11/h2-4,10,12H,5-6H2,1H3. The van der Waals surface area contributed by atoms with E-state index in [0.717, 1.165) is 18.7 Å². The monoisotopic (exact) mass is 177 g/mol. The molecule has 0 radical (unpaired) electrons. The van der Waals surface area contributed by atoms with E-state index in [9.17, 15) is 5.11 Å². The summed E-state index contributed by atoms with van der Waals surface area (Å²) in [6.45, 7) is 1.66. The van der Waals surface area contributed by atoms with E-state index < -0.39 is 0 Å². The Balaban J connectivity index is 2.20. The molecule has 1 aliphatic heterocycles. The van der Waals surface area contributed by atoms with Gasteiger partial charge >= 0.3 is 7.62 Å². The Hall–Kier alpha value is -0.995. The molecule has 1 N–H and O–H groups in total. The Bertz CT molecular complexity index is 316. The highest BCUT2D eigenvalue weighted by Crippen LogP contribution is 2.28. The maximum absolute atomic E-state index is 9.55. The molecule has 0 amide bonds. The predicted octanol–water partition coefficient (Wildman–Crippen LogP) is 0.621. The second-order valence-corrected chi connectivity index (χ2v) is 3.32. The molecule has 0 aromatic heterocycles. The van der Waals surface area contributed by atoms with Crippen LogP contribution in [0.2, 0.25) is 0 Å². The van der Waals surface area contributed by atoms with Crippen molar-refractivity contribution in [3.8, 4) is 5.75 Å². The van der Waals surface area contributed by atoms with Crippen molar-refractivity contribution in [2.45, 2.75) is 13.1 Å². The summed E-state index contributed by atoms with van der Waals surface area (Å²) in [5.74, 6) is 0.399. The van der Waals surface area contributed by atoms with Crippen molar-refractivity contribution in [2.75, 3.05) is 7.11 Å². The molecule has 1 aliphatic rings. The highest BCUT2D eigenvalue weighted by molar-refractivity contribution is 6.23. The number of hydrogen-bond donors (Lipinski definition) is 1. The van der Waals surface area contributed by atoms with E-state index in [-0.39, 0.29) is 0 Å². The summed E-state index contributed by atoms with van der Waals surface area (Å²) in [7, 11) is 2.30. The molecule has 0 aliphatic carbocycles. The van der Waals surface area contributed by atoms with E-state index in [4.69, 9.17) is 4.65 Å². The van der Waals surface area contributed by atoms with Gasteiger partial charge in [0.1, 0.15) is 5.75 Å². The molecule has 2 rings (SSSR count). The van der Waals surface area contributed by atoms with Crippen molar-refractivity contribution in [3.63, 3.8) is 0 Å². The van der Waals surface area contributed by atoms with Crippen molar-refractivity contribution in [1.82, 2.24) is 4.81 Å². The van der Waals surface area contributed by atoms with Gasteiger partial charge < -0.3 is 14.6 Å². The smallest absolute Gasteiger partial charge is 0.363 e. The van der Waals surface area contributed by atoms with Crippen LogP contribution in [0, 0.1) is 0 Å². The highest BCUT2D eigenvalue weighted by Gasteiger charge is 2.21. The first-order valence-corrected chi connectivity index (χ1v) is 4.32. The molecule has 1 aromatic carbocycles. The van der Waals surface area contributed by atoms with Gasteiger partial charge in [0.25, 0.3) is 0 Å². The van der Waals surface area contributed by atoms with Gasteiger partial charge in [0.2, 0.25) is 0 Å². The van der Waals surface area contributed by atoms with Gasteiger partial charge in [-0.3, -0.25) is 0 Å². The lowest BCUT2D eigenvalue weighted by atomic mass is 10.1. The number of fused-ring (bicyclic) bond motifs is 1. The van der Waals surface area contributed by atoms with Crippen LogP contribution < -0.4 is 0 Å².